The Morgan fingerprint density at radius 3 is 2.44 bits per heavy atom. The number of thiophene rings is 1. The third-order valence-electron chi connectivity index (χ3n) is 3.80. The molecule has 7 heteroatoms. The molecule has 27 heavy (non-hydrogen) atoms. The van der Waals surface area contributed by atoms with Crippen LogP contribution < -0.4 is 10.6 Å². The van der Waals surface area contributed by atoms with Gasteiger partial charge in [-0.1, -0.05) is 60.3 Å². The molecule has 0 saturated carbocycles. The number of carbonyl (C=O) groups is 1. The van der Waals surface area contributed by atoms with Crippen molar-refractivity contribution in [2.75, 3.05) is 11.9 Å². The van der Waals surface area contributed by atoms with Crippen LogP contribution in [0.3, 0.4) is 0 Å². The van der Waals surface area contributed by atoms with E-state index >= 15 is 0 Å². The van der Waals surface area contributed by atoms with E-state index < -0.39 is 5.76 Å². The third-order valence-corrected chi connectivity index (χ3v) is 5.53. The maximum atomic E-state index is 12.7. The maximum Gasteiger partial charge on any atom is 0.288 e. The molecule has 3 rings (SSSR count). The van der Waals surface area contributed by atoms with Crippen LogP contribution in [0.25, 0.3) is 0 Å². The van der Waals surface area contributed by atoms with Gasteiger partial charge in [-0.25, -0.2) is 0 Å². The maximum absolute atomic E-state index is 12.7. The number of thioether (sulfide) groups is 1. The van der Waals surface area contributed by atoms with Crippen LogP contribution in [0.5, 0.6) is 0 Å². The van der Waals surface area contributed by atoms with Gasteiger partial charge in [-0.2, -0.15) is 8.78 Å². The van der Waals surface area contributed by atoms with Crippen LogP contribution in [-0.4, -0.2) is 18.2 Å². The van der Waals surface area contributed by atoms with Crippen molar-refractivity contribution in [2.45, 2.75) is 16.7 Å². The number of para-hydroxylation sites is 1. The smallest absolute Gasteiger partial charge is 0.288 e. The van der Waals surface area contributed by atoms with Gasteiger partial charge in [0.2, 0.25) is 5.91 Å². The molecule has 0 fully saturated rings. The summed E-state index contributed by atoms with van der Waals surface area (Å²) in [4.78, 5) is 13.8. The Hall–Kier alpha value is -2.22. The van der Waals surface area contributed by atoms with Crippen molar-refractivity contribution < 1.29 is 13.6 Å². The van der Waals surface area contributed by atoms with Gasteiger partial charge in [-0.15, -0.1) is 11.3 Å². The van der Waals surface area contributed by atoms with Gasteiger partial charge < -0.3 is 5.32 Å². The second-order valence-corrected chi connectivity index (χ2v) is 7.67. The number of amides is 1. The number of anilines is 1. The summed E-state index contributed by atoms with van der Waals surface area (Å²) in [6.07, 6.45) is 0. The number of nitrogens with one attached hydrogen (secondary N) is 2. The van der Waals surface area contributed by atoms with E-state index in [2.05, 4.69) is 10.6 Å². The molecule has 3 nitrogen and oxygen atoms in total. The van der Waals surface area contributed by atoms with E-state index in [1.54, 1.807) is 35.6 Å². The molecule has 2 aromatic carbocycles. The van der Waals surface area contributed by atoms with Gasteiger partial charge in [0.05, 0.1) is 18.3 Å². The molecule has 1 aromatic heterocycles. The zero-order valence-corrected chi connectivity index (χ0v) is 15.9. The Labute approximate surface area is 164 Å². The number of hydrogen-bond donors (Lipinski definition) is 2. The quantitative estimate of drug-likeness (QED) is 0.495. The lowest BCUT2D eigenvalue weighted by Gasteiger charge is -2.18. The minimum Gasteiger partial charge on any atom is -0.324 e. The zero-order valence-electron chi connectivity index (χ0n) is 14.3. The predicted octanol–water partition coefficient (Wildman–Crippen LogP) is 5.38. The predicted molar refractivity (Wildman–Crippen MR) is 108 cm³/mol. The molecule has 1 amide bonds. The van der Waals surface area contributed by atoms with Crippen molar-refractivity contribution in [3.8, 4) is 0 Å². The Morgan fingerprint density at radius 2 is 1.74 bits per heavy atom. The summed E-state index contributed by atoms with van der Waals surface area (Å²) in [5.74, 6) is -2.82. The summed E-state index contributed by atoms with van der Waals surface area (Å²) in [6.45, 7) is 0.0607. The van der Waals surface area contributed by atoms with Gasteiger partial charge in [-0.05, 0) is 29.1 Å². The first-order valence-electron chi connectivity index (χ1n) is 8.29. The molecular formula is C20H18F2N2OS2. The fourth-order valence-electron chi connectivity index (χ4n) is 2.64. The van der Waals surface area contributed by atoms with Crippen LogP contribution in [-0.2, 0) is 4.79 Å². The molecule has 3 aromatic rings. The Morgan fingerprint density at radius 1 is 1.00 bits per heavy atom. The SMILES string of the molecule is O=C(CN[C@@H](c1ccccc1)c1cccs1)Nc1ccccc1SC(F)F. The second kappa shape index (κ2) is 9.64. The van der Waals surface area contributed by atoms with Gasteiger partial charge in [-0.3, -0.25) is 10.1 Å². The Bertz CT molecular complexity index is 857. The summed E-state index contributed by atoms with van der Waals surface area (Å²) in [5, 5.41) is 7.97. The molecule has 0 aliphatic carbocycles. The molecule has 0 aliphatic rings. The minimum atomic E-state index is -2.54. The number of rotatable bonds is 8. The van der Waals surface area contributed by atoms with Gasteiger partial charge in [0.1, 0.15) is 0 Å². The van der Waals surface area contributed by atoms with Crippen molar-refractivity contribution in [3.05, 3.63) is 82.6 Å². The lowest BCUT2D eigenvalue weighted by molar-refractivity contribution is -0.115. The molecule has 0 spiro atoms. The highest BCUT2D eigenvalue weighted by molar-refractivity contribution is 7.99. The molecule has 1 atom stereocenters. The van der Waals surface area contributed by atoms with Crippen LogP contribution in [0.2, 0.25) is 0 Å². The molecule has 0 bridgehead atoms. The number of halogens is 2. The number of carbonyl (C=O) groups excluding carboxylic acids is 1. The average molecular weight is 405 g/mol. The summed E-state index contributed by atoms with van der Waals surface area (Å²) in [7, 11) is 0. The van der Waals surface area contributed by atoms with Crippen molar-refractivity contribution in [1.82, 2.24) is 5.32 Å². The first-order valence-corrected chi connectivity index (χ1v) is 10.0. The van der Waals surface area contributed by atoms with E-state index in [4.69, 9.17) is 0 Å². The van der Waals surface area contributed by atoms with Crippen LogP contribution in [0.15, 0.2) is 77.0 Å². The van der Waals surface area contributed by atoms with Crippen molar-refractivity contribution >= 4 is 34.7 Å². The zero-order chi connectivity index (χ0) is 19.1. The molecule has 2 N–H and O–H groups in total. The Kier molecular flexibility index (Phi) is 6.98. The summed E-state index contributed by atoms with van der Waals surface area (Å²) >= 11 is 2.03. The lowest BCUT2D eigenvalue weighted by atomic mass is 10.1. The van der Waals surface area contributed by atoms with E-state index in [1.807, 2.05) is 47.8 Å². The van der Waals surface area contributed by atoms with Crippen LogP contribution >= 0.6 is 23.1 Å². The minimum absolute atomic E-state index is 0.0607. The van der Waals surface area contributed by atoms with Crippen LogP contribution in [0.4, 0.5) is 14.5 Å². The van der Waals surface area contributed by atoms with E-state index in [1.165, 1.54) is 0 Å². The van der Waals surface area contributed by atoms with Crippen molar-refractivity contribution in [2.24, 2.45) is 0 Å². The molecule has 1 heterocycles. The van der Waals surface area contributed by atoms with Crippen molar-refractivity contribution in [1.29, 1.82) is 0 Å². The molecule has 0 aliphatic heterocycles. The van der Waals surface area contributed by atoms with Gasteiger partial charge >= 0.3 is 0 Å². The van der Waals surface area contributed by atoms with E-state index in [0.717, 1.165) is 10.4 Å². The number of alkyl halides is 2. The normalized spacial score (nSPS) is 12.1. The highest BCUT2D eigenvalue weighted by Crippen LogP contribution is 2.31. The molecule has 0 saturated heterocycles. The highest BCUT2D eigenvalue weighted by Gasteiger charge is 2.17. The second-order valence-electron chi connectivity index (χ2n) is 5.66. The van der Waals surface area contributed by atoms with E-state index in [0.29, 0.717) is 22.3 Å². The number of benzene rings is 2. The first kappa shape index (κ1) is 19.5. The fourth-order valence-corrected chi connectivity index (χ4v) is 4.06. The fraction of sp³-hybridized carbons (Fsp3) is 0.150. The third kappa shape index (κ3) is 5.63. The molecule has 0 radical (unpaired) electrons. The van der Waals surface area contributed by atoms with Gasteiger partial charge in [0.25, 0.3) is 5.76 Å². The van der Waals surface area contributed by atoms with Gasteiger partial charge in [0.15, 0.2) is 0 Å². The first-order chi connectivity index (χ1) is 13.1. The van der Waals surface area contributed by atoms with Crippen LogP contribution in [0, 0.1) is 0 Å². The Balaban J connectivity index is 1.67. The summed E-state index contributed by atoms with van der Waals surface area (Å²) < 4.78 is 25.4. The highest BCUT2D eigenvalue weighted by atomic mass is 32.2. The summed E-state index contributed by atoms with van der Waals surface area (Å²) in [6, 6.07) is 20.3. The molecule has 0 unspecified atom stereocenters. The van der Waals surface area contributed by atoms with Crippen LogP contribution in [0.1, 0.15) is 16.5 Å². The molecular weight excluding hydrogens is 386 g/mol. The van der Waals surface area contributed by atoms with E-state index in [-0.39, 0.29) is 18.5 Å². The largest absolute Gasteiger partial charge is 0.324 e. The van der Waals surface area contributed by atoms with Crippen molar-refractivity contribution in [3.63, 3.8) is 0 Å². The number of hydrogen-bond acceptors (Lipinski definition) is 4. The molecule has 140 valence electrons. The lowest BCUT2D eigenvalue weighted by Crippen LogP contribution is -2.31. The topological polar surface area (TPSA) is 41.1 Å². The standard InChI is InChI=1S/C20H18F2N2OS2/c21-20(22)27-16-10-5-4-9-15(16)24-18(25)13-23-19(17-11-6-12-26-17)14-7-2-1-3-8-14/h1-12,19-20,23H,13H2,(H,24,25)/t19-/m0/s1. The summed E-state index contributed by atoms with van der Waals surface area (Å²) in [5.41, 5.74) is 1.45. The van der Waals surface area contributed by atoms with E-state index in [9.17, 15) is 13.6 Å². The van der Waals surface area contributed by atoms with Gasteiger partial charge in [0, 0.05) is 9.77 Å². The average Bonchev–Trinajstić information content (AvgIpc) is 3.18. The monoisotopic (exact) mass is 404 g/mol.